The SMILES string of the molecule is CCC(CCC(C)[C@H]1CC[C@H]2[C@@H]3CC=C4C[C@@H](C(CCCCCCC(C)(C)N)N(CCC(C)(C)N)C(=O)O)CC[C@]4(C)[C@H]3CC[C@]12C)C(C)C. The van der Waals surface area contributed by atoms with Crippen LogP contribution in [0.2, 0.25) is 0 Å². The third-order valence-electron chi connectivity index (χ3n) is 15.6. The molecule has 290 valence electrons. The van der Waals surface area contributed by atoms with E-state index in [1.54, 1.807) is 5.57 Å². The predicted octanol–water partition coefficient (Wildman–Crippen LogP) is 11.8. The number of unbranched alkanes of at least 4 members (excludes halogenated alkanes) is 3. The minimum Gasteiger partial charge on any atom is -0.465 e. The second-order valence-electron chi connectivity index (χ2n) is 20.7. The van der Waals surface area contributed by atoms with Gasteiger partial charge >= 0.3 is 6.09 Å². The van der Waals surface area contributed by atoms with Crippen LogP contribution in [0.4, 0.5) is 4.79 Å². The Morgan fingerprint density at radius 1 is 0.900 bits per heavy atom. The van der Waals surface area contributed by atoms with Crippen molar-refractivity contribution in [2.45, 2.75) is 202 Å². The number of rotatable bonds is 18. The molecule has 50 heavy (non-hydrogen) atoms. The van der Waals surface area contributed by atoms with Crippen molar-refractivity contribution in [1.82, 2.24) is 4.90 Å². The summed E-state index contributed by atoms with van der Waals surface area (Å²) in [7, 11) is 0. The topological polar surface area (TPSA) is 92.6 Å². The number of nitrogens with zero attached hydrogens (tertiary/aromatic N) is 1. The summed E-state index contributed by atoms with van der Waals surface area (Å²) in [5.74, 6) is 6.28. The molecule has 0 saturated heterocycles. The van der Waals surface area contributed by atoms with E-state index in [4.69, 9.17) is 11.5 Å². The van der Waals surface area contributed by atoms with Gasteiger partial charge in [-0.3, -0.25) is 0 Å². The summed E-state index contributed by atoms with van der Waals surface area (Å²) in [6, 6.07) is 0.0682. The first kappa shape index (κ1) is 41.7. The zero-order valence-corrected chi connectivity index (χ0v) is 34.7. The molecule has 1 amide bonds. The van der Waals surface area contributed by atoms with Crippen molar-refractivity contribution in [3.05, 3.63) is 11.6 Å². The van der Waals surface area contributed by atoms with Crippen molar-refractivity contribution in [3.63, 3.8) is 0 Å². The molecule has 0 heterocycles. The van der Waals surface area contributed by atoms with Gasteiger partial charge in [-0.2, -0.15) is 0 Å². The third-order valence-corrected chi connectivity index (χ3v) is 15.6. The van der Waals surface area contributed by atoms with E-state index in [0.717, 1.165) is 86.4 Å². The van der Waals surface area contributed by atoms with Gasteiger partial charge in [0.05, 0.1) is 0 Å². The summed E-state index contributed by atoms with van der Waals surface area (Å²) in [4.78, 5) is 14.7. The van der Waals surface area contributed by atoms with Crippen molar-refractivity contribution in [2.24, 2.45) is 69.6 Å². The Morgan fingerprint density at radius 2 is 1.58 bits per heavy atom. The van der Waals surface area contributed by atoms with E-state index in [-0.39, 0.29) is 22.5 Å². The molecule has 0 spiro atoms. The second-order valence-corrected chi connectivity index (χ2v) is 20.7. The van der Waals surface area contributed by atoms with Crippen LogP contribution in [0.5, 0.6) is 0 Å². The molecule has 4 aliphatic carbocycles. The molecule has 5 nitrogen and oxygen atoms in total. The van der Waals surface area contributed by atoms with Gasteiger partial charge in [0, 0.05) is 23.7 Å². The highest BCUT2D eigenvalue weighted by molar-refractivity contribution is 5.65. The van der Waals surface area contributed by atoms with Gasteiger partial charge in [-0.15, -0.1) is 0 Å². The van der Waals surface area contributed by atoms with Gasteiger partial charge in [0.1, 0.15) is 0 Å². The van der Waals surface area contributed by atoms with Gasteiger partial charge in [-0.05, 0) is 163 Å². The maximum atomic E-state index is 12.9. The Kier molecular flexibility index (Phi) is 14.1. The normalized spacial score (nSPS) is 33.2. The fourth-order valence-corrected chi connectivity index (χ4v) is 12.4. The van der Waals surface area contributed by atoms with Gasteiger partial charge in [0.25, 0.3) is 0 Å². The van der Waals surface area contributed by atoms with Crippen molar-refractivity contribution in [3.8, 4) is 0 Å². The lowest BCUT2D eigenvalue weighted by Crippen LogP contribution is -2.52. The average Bonchev–Trinajstić information content (AvgIpc) is 3.37. The molecule has 5 heteroatoms. The van der Waals surface area contributed by atoms with Gasteiger partial charge < -0.3 is 21.5 Å². The minimum absolute atomic E-state index is 0.0682. The quantitative estimate of drug-likeness (QED) is 0.0981. The highest BCUT2D eigenvalue weighted by atomic mass is 16.4. The van der Waals surface area contributed by atoms with E-state index in [1.165, 1.54) is 64.2 Å². The largest absolute Gasteiger partial charge is 0.465 e. The smallest absolute Gasteiger partial charge is 0.407 e. The first-order chi connectivity index (χ1) is 23.3. The van der Waals surface area contributed by atoms with Crippen LogP contribution in [0.1, 0.15) is 185 Å². The Hall–Kier alpha value is -1.07. The molecule has 0 aromatic rings. The standard InChI is InChI=1S/C45H83N3O2/c1-11-33(31(2)3)18-17-32(4)37-21-22-38-36-20-19-35-30-34(23-26-44(35,9)39(36)24-27-45(37,38)10)40(16-14-12-13-15-25-42(5,6)46)48(41(49)50)29-28-43(7,8)47/h19,31-34,36-40H,11-18,20-30,46-47H2,1-10H3,(H,49,50)/t32?,33?,34-,36-,37+,38-,39-,40?,44-,45+/m0/s1. The lowest BCUT2D eigenvalue weighted by atomic mass is 9.46. The number of allylic oxidation sites excluding steroid dienone is 2. The Labute approximate surface area is 309 Å². The molecule has 4 aliphatic rings. The fraction of sp³-hybridized carbons (Fsp3) is 0.933. The van der Waals surface area contributed by atoms with Crippen LogP contribution < -0.4 is 11.5 Å². The second kappa shape index (κ2) is 16.9. The summed E-state index contributed by atoms with van der Waals surface area (Å²) < 4.78 is 0. The zero-order chi connectivity index (χ0) is 37.1. The zero-order valence-electron chi connectivity index (χ0n) is 34.7. The molecule has 0 aromatic heterocycles. The molecule has 4 rings (SSSR count). The number of hydrogen-bond donors (Lipinski definition) is 3. The van der Waals surface area contributed by atoms with Crippen molar-refractivity contribution >= 4 is 6.09 Å². The number of carbonyl (C=O) groups is 1. The minimum atomic E-state index is -0.763. The Balaban J connectivity index is 1.46. The van der Waals surface area contributed by atoms with E-state index >= 15 is 0 Å². The molecular weight excluding hydrogens is 615 g/mol. The van der Waals surface area contributed by atoms with Crippen LogP contribution in [-0.4, -0.2) is 39.8 Å². The maximum absolute atomic E-state index is 12.9. The lowest BCUT2D eigenvalue weighted by molar-refractivity contribution is -0.0555. The number of hydrogen-bond acceptors (Lipinski definition) is 3. The van der Waals surface area contributed by atoms with Crippen LogP contribution in [-0.2, 0) is 0 Å². The molecule has 0 aromatic carbocycles. The molecular formula is C45H83N3O2. The molecule has 0 aliphatic heterocycles. The Morgan fingerprint density at radius 3 is 2.20 bits per heavy atom. The third kappa shape index (κ3) is 9.91. The van der Waals surface area contributed by atoms with Gasteiger partial charge in [-0.1, -0.05) is 91.7 Å². The summed E-state index contributed by atoms with van der Waals surface area (Å²) in [6.07, 6.45) is 23.7. The molecule has 3 fully saturated rings. The van der Waals surface area contributed by atoms with E-state index in [9.17, 15) is 9.90 Å². The first-order valence-electron chi connectivity index (χ1n) is 21.6. The van der Waals surface area contributed by atoms with Gasteiger partial charge in [0.2, 0.25) is 0 Å². The fourth-order valence-electron chi connectivity index (χ4n) is 12.4. The van der Waals surface area contributed by atoms with Crippen LogP contribution in [0.25, 0.3) is 0 Å². The molecule has 0 radical (unpaired) electrons. The van der Waals surface area contributed by atoms with Crippen LogP contribution in [0.15, 0.2) is 11.6 Å². The summed E-state index contributed by atoms with van der Waals surface area (Å²) >= 11 is 0. The first-order valence-corrected chi connectivity index (χ1v) is 21.6. The highest BCUT2D eigenvalue weighted by Gasteiger charge is 2.59. The van der Waals surface area contributed by atoms with Gasteiger partial charge in [0.15, 0.2) is 0 Å². The van der Waals surface area contributed by atoms with Crippen molar-refractivity contribution in [2.75, 3.05) is 6.54 Å². The van der Waals surface area contributed by atoms with E-state index < -0.39 is 6.09 Å². The maximum Gasteiger partial charge on any atom is 0.407 e. The number of carboxylic acid groups (broad SMARTS) is 1. The summed E-state index contributed by atoms with van der Waals surface area (Å²) in [5, 5.41) is 10.6. The number of amides is 1. The molecule has 3 saturated carbocycles. The Bertz CT molecular complexity index is 1120. The van der Waals surface area contributed by atoms with Crippen LogP contribution in [0.3, 0.4) is 0 Å². The summed E-state index contributed by atoms with van der Waals surface area (Å²) in [5.41, 5.74) is 14.6. The van der Waals surface area contributed by atoms with E-state index in [0.29, 0.717) is 24.3 Å². The van der Waals surface area contributed by atoms with Crippen molar-refractivity contribution < 1.29 is 9.90 Å². The molecule has 0 bridgehead atoms. The average molecular weight is 698 g/mol. The number of nitrogens with two attached hydrogens (primary N) is 2. The van der Waals surface area contributed by atoms with Crippen LogP contribution in [0, 0.1) is 58.2 Å². The van der Waals surface area contributed by atoms with Gasteiger partial charge in [-0.25, -0.2) is 4.79 Å². The monoisotopic (exact) mass is 698 g/mol. The molecule has 5 N–H and O–H groups in total. The molecule has 10 atom stereocenters. The lowest BCUT2D eigenvalue weighted by Gasteiger charge is -2.59. The van der Waals surface area contributed by atoms with E-state index in [2.05, 4.69) is 61.5 Å². The molecule has 3 unspecified atom stereocenters. The highest BCUT2D eigenvalue weighted by Crippen LogP contribution is 2.68. The van der Waals surface area contributed by atoms with Crippen molar-refractivity contribution in [1.29, 1.82) is 0 Å². The number of fused-ring (bicyclic) bond motifs is 5. The van der Waals surface area contributed by atoms with Crippen LogP contribution >= 0.6 is 0 Å². The predicted molar refractivity (Wildman–Crippen MR) is 213 cm³/mol. The summed E-state index contributed by atoms with van der Waals surface area (Å²) in [6.45, 7) is 24.0. The van der Waals surface area contributed by atoms with E-state index in [1.807, 2.05) is 18.7 Å².